The van der Waals surface area contributed by atoms with Crippen molar-refractivity contribution in [3.63, 3.8) is 0 Å². The number of aliphatic hydroxyl groups excluding tert-OH is 1. The smallest absolute Gasteiger partial charge is 0.345 e. The van der Waals surface area contributed by atoms with Crippen LogP contribution in [0.3, 0.4) is 0 Å². The first-order valence-corrected chi connectivity index (χ1v) is 9.39. The van der Waals surface area contributed by atoms with Gasteiger partial charge in [0, 0.05) is 37.8 Å². The molecule has 0 radical (unpaired) electrons. The Labute approximate surface area is 139 Å². The molecule has 12 heteroatoms. The van der Waals surface area contributed by atoms with Gasteiger partial charge < -0.3 is 14.9 Å². The summed E-state index contributed by atoms with van der Waals surface area (Å²) in [4.78, 5) is 11.7. The van der Waals surface area contributed by atoms with Crippen molar-refractivity contribution in [1.82, 2.24) is 20.1 Å². The Morgan fingerprint density at radius 3 is 2.59 bits per heavy atom. The number of nitrogens with one attached hydrogen (secondary N) is 2. The van der Waals surface area contributed by atoms with Gasteiger partial charge in [0.1, 0.15) is 6.17 Å². The summed E-state index contributed by atoms with van der Waals surface area (Å²) in [5.41, 5.74) is 0. The number of alkyl halides is 2. The van der Waals surface area contributed by atoms with Crippen molar-refractivity contribution in [2.75, 3.05) is 44.6 Å². The van der Waals surface area contributed by atoms with Gasteiger partial charge in [-0.2, -0.15) is 5.06 Å². The van der Waals surface area contributed by atoms with Gasteiger partial charge in [-0.3, -0.25) is 9.77 Å². The van der Waals surface area contributed by atoms with Crippen molar-refractivity contribution in [1.29, 1.82) is 0 Å². The SMILES string of the molecule is O=C(NCCO)N(O)C1CCOP(=O)(N(CCCl)CCCl)N1. The van der Waals surface area contributed by atoms with Gasteiger partial charge in [0.05, 0.1) is 13.2 Å². The highest BCUT2D eigenvalue weighted by molar-refractivity contribution is 7.54. The molecule has 0 spiro atoms. The van der Waals surface area contributed by atoms with E-state index in [1.54, 1.807) is 0 Å². The number of carbonyl (C=O) groups is 1. The second kappa shape index (κ2) is 9.89. The highest BCUT2D eigenvalue weighted by Crippen LogP contribution is 2.49. The van der Waals surface area contributed by atoms with E-state index < -0.39 is 19.9 Å². The number of nitrogens with zero attached hydrogens (tertiary/aromatic N) is 2. The van der Waals surface area contributed by atoms with Gasteiger partial charge in [0.25, 0.3) is 0 Å². The fraction of sp³-hybridized carbons (Fsp3) is 0.900. The van der Waals surface area contributed by atoms with Crippen molar-refractivity contribution in [3.05, 3.63) is 0 Å². The molecule has 1 aliphatic rings. The van der Waals surface area contributed by atoms with Gasteiger partial charge >= 0.3 is 13.7 Å². The number of halogens is 2. The quantitative estimate of drug-likeness (QED) is 0.211. The maximum atomic E-state index is 12.8. The number of amides is 2. The number of rotatable bonds is 8. The molecular formula is C10H21Cl2N4O5P. The second-order valence-electron chi connectivity index (χ2n) is 4.42. The first-order valence-electron chi connectivity index (χ1n) is 6.75. The molecule has 0 aliphatic carbocycles. The molecule has 9 nitrogen and oxygen atoms in total. The lowest BCUT2D eigenvalue weighted by Crippen LogP contribution is -2.54. The van der Waals surface area contributed by atoms with Gasteiger partial charge in [-0.25, -0.2) is 14.6 Å². The second-order valence-corrected chi connectivity index (χ2v) is 7.30. The highest BCUT2D eigenvalue weighted by Gasteiger charge is 2.40. The molecule has 1 aliphatic heterocycles. The Balaban J connectivity index is 2.72. The minimum absolute atomic E-state index is 0.00138. The topological polar surface area (TPSA) is 114 Å². The third-order valence-corrected chi connectivity index (χ3v) is 5.56. The van der Waals surface area contributed by atoms with Gasteiger partial charge in [-0.1, -0.05) is 0 Å². The van der Waals surface area contributed by atoms with Crippen molar-refractivity contribution < 1.29 is 24.2 Å². The van der Waals surface area contributed by atoms with Crippen LogP contribution in [0.25, 0.3) is 0 Å². The van der Waals surface area contributed by atoms with Crippen molar-refractivity contribution in [3.8, 4) is 0 Å². The summed E-state index contributed by atoms with van der Waals surface area (Å²) >= 11 is 11.4. The van der Waals surface area contributed by atoms with E-state index in [-0.39, 0.29) is 51.0 Å². The normalized spacial score (nSPS) is 25.2. The predicted molar refractivity (Wildman–Crippen MR) is 82.2 cm³/mol. The van der Waals surface area contributed by atoms with Gasteiger partial charge in [-0.05, 0) is 0 Å². The van der Waals surface area contributed by atoms with Crippen molar-refractivity contribution in [2.24, 2.45) is 0 Å². The Morgan fingerprint density at radius 2 is 2.05 bits per heavy atom. The molecule has 1 heterocycles. The number of hydroxylamine groups is 2. The molecule has 1 saturated heterocycles. The Hall–Kier alpha value is -0.120. The predicted octanol–water partition coefficient (Wildman–Crippen LogP) is 0.603. The zero-order chi connectivity index (χ0) is 16.6. The lowest BCUT2D eigenvalue weighted by atomic mass is 10.3. The van der Waals surface area contributed by atoms with Gasteiger partial charge in [-0.15, -0.1) is 23.2 Å². The van der Waals surface area contributed by atoms with E-state index in [1.165, 1.54) is 4.67 Å². The lowest BCUT2D eigenvalue weighted by Gasteiger charge is -2.39. The van der Waals surface area contributed by atoms with E-state index in [0.717, 1.165) is 0 Å². The first-order chi connectivity index (χ1) is 10.5. The molecule has 0 aromatic heterocycles. The van der Waals surface area contributed by atoms with E-state index in [0.29, 0.717) is 5.06 Å². The van der Waals surface area contributed by atoms with Crippen LogP contribution in [-0.2, 0) is 9.09 Å². The number of carbonyl (C=O) groups excluding carboxylic acids is 1. The van der Waals surface area contributed by atoms with Crippen molar-refractivity contribution >= 4 is 36.9 Å². The molecule has 2 unspecified atom stereocenters. The van der Waals surface area contributed by atoms with E-state index in [4.69, 9.17) is 32.8 Å². The zero-order valence-electron chi connectivity index (χ0n) is 12.0. The summed E-state index contributed by atoms with van der Waals surface area (Å²) in [7, 11) is -3.45. The van der Waals surface area contributed by atoms with Crippen LogP contribution >= 0.6 is 30.9 Å². The highest BCUT2D eigenvalue weighted by atomic mass is 35.5. The average Bonchev–Trinajstić information content (AvgIpc) is 2.51. The first kappa shape index (κ1) is 19.9. The van der Waals surface area contributed by atoms with E-state index in [9.17, 15) is 14.6 Å². The number of aliphatic hydroxyl groups is 1. The lowest BCUT2D eigenvalue weighted by molar-refractivity contribution is -0.0924. The summed E-state index contributed by atoms with van der Waals surface area (Å²) in [5, 5.41) is 23.9. The molecule has 0 bridgehead atoms. The molecular weight excluding hydrogens is 358 g/mol. The van der Waals surface area contributed by atoms with Crippen molar-refractivity contribution in [2.45, 2.75) is 12.6 Å². The third-order valence-electron chi connectivity index (χ3n) is 2.92. The molecule has 4 N–H and O–H groups in total. The minimum Gasteiger partial charge on any atom is -0.395 e. The third kappa shape index (κ3) is 5.50. The Bertz CT molecular complexity index is 400. The number of hydrogen-bond acceptors (Lipinski definition) is 5. The summed E-state index contributed by atoms with van der Waals surface area (Å²) in [6.07, 6.45) is -0.630. The molecule has 0 aromatic carbocycles. The van der Waals surface area contributed by atoms with Crippen LogP contribution in [0.2, 0.25) is 0 Å². The van der Waals surface area contributed by atoms with Crippen LogP contribution in [0, 0.1) is 0 Å². The van der Waals surface area contributed by atoms with Crippen LogP contribution in [0.15, 0.2) is 0 Å². The molecule has 0 saturated carbocycles. The molecule has 0 aromatic rings. The van der Waals surface area contributed by atoms with Crippen LogP contribution < -0.4 is 10.4 Å². The average molecular weight is 379 g/mol. The van der Waals surface area contributed by atoms with Gasteiger partial charge in [0.2, 0.25) is 0 Å². The summed E-state index contributed by atoms with van der Waals surface area (Å²) in [5.74, 6) is 0.465. The largest absolute Gasteiger partial charge is 0.395 e. The van der Waals surface area contributed by atoms with Crippen LogP contribution in [0.1, 0.15) is 6.42 Å². The fourth-order valence-electron chi connectivity index (χ4n) is 1.87. The molecule has 2 atom stereocenters. The van der Waals surface area contributed by atoms with E-state index in [1.807, 2.05) is 0 Å². The number of hydrogen-bond donors (Lipinski definition) is 4. The maximum absolute atomic E-state index is 12.8. The number of urea groups is 1. The van der Waals surface area contributed by atoms with Gasteiger partial charge in [0.15, 0.2) is 0 Å². The molecule has 1 fully saturated rings. The maximum Gasteiger partial charge on any atom is 0.345 e. The van der Waals surface area contributed by atoms with E-state index >= 15 is 0 Å². The van der Waals surface area contributed by atoms with E-state index in [2.05, 4.69) is 10.4 Å². The zero-order valence-corrected chi connectivity index (χ0v) is 14.4. The summed E-state index contributed by atoms with van der Waals surface area (Å²) in [6, 6.07) is -0.804. The summed E-state index contributed by atoms with van der Waals surface area (Å²) < 4.78 is 19.6. The van der Waals surface area contributed by atoms with Crippen LogP contribution in [0.4, 0.5) is 4.79 Å². The van der Waals surface area contributed by atoms with Crippen LogP contribution in [0.5, 0.6) is 0 Å². The Kier molecular flexibility index (Phi) is 8.96. The monoisotopic (exact) mass is 378 g/mol. The summed E-state index contributed by atoms with van der Waals surface area (Å²) in [6.45, 7) is 0.418. The minimum atomic E-state index is -3.45. The fourth-order valence-corrected chi connectivity index (χ4v) is 4.61. The molecule has 130 valence electrons. The Morgan fingerprint density at radius 1 is 1.41 bits per heavy atom. The van der Waals surface area contributed by atoms with Crippen LogP contribution in [-0.4, -0.2) is 76.9 Å². The molecule has 22 heavy (non-hydrogen) atoms. The standard InChI is InChI=1S/C10H21Cl2N4O5P/c11-2-5-15(6-3-12)22(20)14-9(1-8-21-22)16(19)10(18)13-4-7-17/h9,17,19H,1-8H2,(H,13,18)(H,14,20). The molecule has 2 amide bonds. The molecule has 1 rings (SSSR count).